The Kier molecular flexibility index (Phi) is 11.2. The first-order valence-corrected chi connectivity index (χ1v) is 22.7. The topological polar surface area (TPSA) is 102 Å². The Morgan fingerprint density at radius 1 is 0.925 bits per heavy atom. The molecule has 0 radical (unpaired) electrons. The molecule has 0 bridgehead atoms. The normalized spacial score (nSPS) is 17.2. The van der Waals surface area contributed by atoms with E-state index in [4.69, 9.17) is 4.74 Å². The summed E-state index contributed by atoms with van der Waals surface area (Å²) in [5.41, 5.74) is 1.47. The van der Waals surface area contributed by atoms with Crippen molar-refractivity contribution in [1.29, 1.82) is 0 Å². The molecule has 6 rings (SSSR count). The molecule has 2 aliphatic rings. The summed E-state index contributed by atoms with van der Waals surface area (Å²) in [5.74, 6) is -12.8. The summed E-state index contributed by atoms with van der Waals surface area (Å²) in [6.07, 6.45) is 8.76. The number of rotatable bonds is 12. The quantitative estimate of drug-likeness (QED) is 0.0488. The zero-order valence-electron chi connectivity index (χ0n) is 29.7. The highest BCUT2D eigenvalue weighted by Crippen LogP contribution is 2.36. The Balaban J connectivity index is 1.32. The minimum atomic E-state index is -5.37. The average Bonchev–Trinajstić information content (AvgIpc) is 3.10. The van der Waals surface area contributed by atoms with Gasteiger partial charge in [-0.3, -0.25) is 19.1 Å². The first-order valence-electron chi connectivity index (χ1n) is 17.6. The lowest BCUT2D eigenvalue weighted by Crippen LogP contribution is -2.59. The van der Waals surface area contributed by atoms with Gasteiger partial charge >= 0.3 is 0 Å². The highest BCUT2D eigenvalue weighted by molar-refractivity contribution is 7.89. The molecule has 1 amide bonds. The first kappa shape index (κ1) is 38.7. The first-order chi connectivity index (χ1) is 25.1. The van der Waals surface area contributed by atoms with E-state index in [1.54, 1.807) is 30.6 Å². The van der Waals surface area contributed by atoms with Crippen LogP contribution >= 0.6 is 0 Å². The third-order valence-corrected chi connectivity index (χ3v) is 13.6. The van der Waals surface area contributed by atoms with Crippen LogP contribution in [0.25, 0.3) is 10.8 Å². The molecule has 9 nitrogen and oxygen atoms in total. The zero-order valence-corrected chi connectivity index (χ0v) is 31.5. The van der Waals surface area contributed by atoms with Gasteiger partial charge in [0.05, 0.1) is 12.2 Å². The molecular weight excluding hydrogens is 736 g/mol. The summed E-state index contributed by atoms with van der Waals surface area (Å²) < 4.78 is 106. The minimum Gasteiger partial charge on any atom is -0.361 e. The van der Waals surface area contributed by atoms with E-state index in [0.717, 1.165) is 37.3 Å². The number of benzene rings is 2. The van der Waals surface area contributed by atoms with E-state index in [-0.39, 0.29) is 30.9 Å². The molecule has 2 aromatic carbocycles. The highest BCUT2D eigenvalue weighted by atomic mass is 32.2. The number of carbonyl (C=O) groups is 1. The fraction of sp³-hybridized carbons (Fsp3) is 0.432. The van der Waals surface area contributed by atoms with E-state index in [1.807, 2.05) is 6.07 Å². The van der Waals surface area contributed by atoms with E-state index in [1.165, 1.54) is 28.0 Å². The molecule has 4 aromatic rings. The van der Waals surface area contributed by atoms with Crippen molar-refractivity contribution in [2.24, 2.45) is 0 Å². The molecule has 0 N–H and O–H groups in total. The van der Waals surface area contributed by atoms with E-state index in [2.05, 4.69) is 24.6 Å². The van der Waals surface area contributed by atoms with Gasteiger partial charge < -0.3 is 9.64 Å². The Morgan fingerprint density at radius 2 is 1.60 bits per heavy atom. The highest BCUT2D eigenvalue weighted by Gasteiger charge is 2.48. The lowest BCUT2D eigenvalue weighted by atomic mass is 9.85. The summed E-state index contributed by atoms with van der Waals surface area (Å²) in [7, 11) is -6.70. The molecule has 2 fully saturated rings. The van der Waals surface area contributed by atoms with Crippen LogP contribution in [0.5, 0.6) is 0 Å². The molecule has 3 heterocycles. The molecule has 2 aromatic heterocycles. The number of sulfonamides is 1. The molecular formula is C37H41F5N4O5SSi. The van der Waals surface area contributed by atoms with Crippen molar-refractivity contribution in [3.63, 3.8) is 0 Å². The smallest absolute Gasteiger partial charge is 0.260 e. The maximum atomic E-state index is 14.7. The molecule has 53 heavy (non-hydrogen) atoms. The number of halogens is 5. The summed E-state index contributed by atoms with van der Waals surface area (Å²) in [6.45, 7) is 6.69. The van der Waals surface area contributed by atoms with Crippen LogP contribution in [-0.4, -0.2) is 55.4 Å². The van der Waals surface area contributed by atoms with Gasteiger partial charge in [-0.1, -0.05) is 45.0 Å². The number of carbonyl (C=O) groups excluding carboxylic acids is 1. The Bertz CT molecular complexity index is 2160. The Labute approximate surface area is 305 Å². The second kappa shape index (κ2) is 15.4. The number of anilines is 1. The summed E-state index contributed by atoms with van der Waals surface area (Å²) in [6, 6.07) is 9.45. The lowest BCUT2D eigenvalue weighted by Gasteiger charge is -2.41. The van der Waals surface area contributed by atoms with Crippen molar-refractivity contribution in [2.45, 2.75) is 94.3 Å². The van der Waals surface area contributed by atoms with Crippen LogP contribution in [0.15, 0.2) is 58.5 Å². The van der Waals surface area contributed by atoms with E-state index in [9.17, 15) is 40.0 Å². The molecule has 284 valence electrons. The predicted molar refractivity (Wildman–Crippen MR) is 192 cm³/mol. The van der Waals surface area contributed by atoms with Crippen LogP contribution in [0.1, 0.15) is 55.7 Å². The van der Waals surface area contributed by atoms with E-state index >= 15 is 0 Å². The van der Waals surface area contributed by atoms with Crippen molar-refractivity contribution in [2.75, 3.05) is 18.1 Å². The van der Waals surface area contributed by atoms with Crippen LogP contribution in [-0.2, 0) is 32.8 Å². The minimum absolute atomic E-state index is 0.0587. The Morgan fingerprint density at radius 3 is 2.21 bits per heavy atom. The average molecular weight is 777 g/mol. The number of hydrogen-bond acceptors (Lipinski definition) is 6. The molecule has 1 atom stereocenters. The van der Waals surface area contributed by atoms with Crippen LogP contribution in [0.4, 0.5) is 27.6 Å². The maximum absolute atomic E-state index is 14.7. The monoisotopic (exact) mass is 776 g/mol. The van der Waals surface area contributed by atoms with Crippen molar-refractivity contribution in [3.8, 4) is 0 Å². The van der Waals surface area contributed by atoms with Gasteiger partial charge in [0.1, 0.15) is 12.8 Å². The maximum Gasteiger partial charge on any atom is 0.260 e. The van der Waals surface area contributed by atoms with Crippen LogP contribution in [0.3, 0.4) is 0 Å². The number of hydrogen-bond donors (Lipinski definition) is 0. The van der Waals surface area contributed by atoms with Gasteiger partial charge in [-0.15, -0.1) is 0 Å². The number of pyridine rings is 2. The van der Waals surface area contributed by atoms with Crippen molar-refractivity contribution in [1.82, 2.24) is 13.9 Å². The molecule has 1 aliphatic heterocycles. The third kappa shape index (κ3) is 7.96. The van der Waals surface area contributed by atoms with Crippen LogP contribution < -0.4 is 10.5 Å². The lowest BCUT2D eigenvalue weighted by molar-refractivity contribution is -0.125. The number of aromatic nitrogens is 2. The number of fused-ring (bicyclic) bond motifs is 1. The Hall–Kier alpha value is -3.99. The summed E-state index contributed by atoms with van der Waals surface area (Å²) in [4.78, 5) is 31.5. The predicted octanol–water partition coefficient (Wildman–Crippen LogP) is 7.45. The molecule has 1 aliphatic carbocycles. The standard InChI is InChI=1S/C37H41F5N4O5SSi/c1-53(2,3)18-17-51-22-44-15-13-24-19-27(11-12-28(24)36(44)47)45(21-26-10-9-25(20-43-26)23-7-5-4-6-8-23)37(48)29-14-16-46(29)52(49,50)35-33(41)31(39)30(38)32(40)34(35)42/h9-13,15,19-20,23,29H,4-8,14,16-18,21-22H2,1-3H3/t29-/m1/s1. The second-order valence-corrected chi connectivity index (χ2v) is 22.3. The van der Waals surface area contributed by atoms with E-state index in [0.29, 0.717) is 33.3 Å². The molecule has 0 unspecified atom stereocenters. The summed E-state index contributed by atoms with van der Waals surface area (Å²) in [5, 5.41) is 0.815. The SMILES string of the molecule is C[Si](C)(C)CCOCn1ccc2cc(N(Cc3ccc(C4CCCCC4)cn3)C(=O)[C@H]3CCN3S(=O)(=O)c3c(F)c(F)c(F)c(F)c3F)ccc2c1=O. The molecule has 1 saturated heterocycles. The molecule has 0 spiro atoms. The van der Waals surface area contributed by atoms with Crippen molar-refractivity contribution < 1.29 is 39.9 Å². The second-order valence-electron chi connectivity index (χ2n) is 14.9. The van der Waals surface area contributed by atoms with E-state index < -0.39 is 70.6 Å². The third-order valence-electron chi connectivity index (χ3n) is 10.0. The van der Waals surface area contributed by atoms with Crippen LogP contribution in [0.2, 0.25) is 25.7 Å². The van der Waals surface area contributed by atoms with Gasteiger partial charge in [0.15, 0.2) is 28.2 Å². The largest absolute Gasteiger partial charge is 0.361 e. The fourth-order valence-corrected chi connectivity index (χ4v) is 9.26. The fourth-order valence-electron chi connectivity index (χ4n) is 6.76. The van der Waals surface area contributed by atoms with Gasteiger partial charge in [-0.25, -0.2) is 30.4 Å². The van der Waals surface area contributed by atoms with Gasteiger partial charge in [-0.05, 0) is 72.5 Å². The van der Waals surface area contributed by atoms with Gasteiger partial charge in [-0.2, -0.15) is 4.31 Å². The number of amides is 1. The van der Waals surface area contributed by atoms with Gasteiger partial charge in [0.25, 0.3) is 5.56 Å². The molecule has 16 heteroatoms. The van der Waals surface area contributed by atoms with Crippen molar-refractivity contribution in [3.05, 3.63) is 99.5 Å². The summed E-state index contributed by atoms with van der Waals surface area (Å²) >= 11 is 0. The number of nitrogens with zero attached hydrogens (tertiary/aromatic N) is 4. The zero-order chi connectivity index (χ0) is 38.2. The number of ether oxygens (including phenoxy) is 1. The van der Waals surface area contributed by atoms with Crippen LogP contribution in [0, 0.1) is 29.1 Å². The van der Waals surface area contributed by atoms with Gasteiger partial charge in [0.2, 0.25) is 21.7 Å². The molecule has 1 saturated carbocycles. The van der Waals surface area contributed by atoms with Gasteiger partial charge in [0, 0.05) is 44.7 Å². The van der Waals surface area contributed by atoms with Crippen molar-refractivity contribution >= 4 is 40.5 Å².